The molecule has 29 heavy (non-hydrogen) atoms. The number of aliphatic hydroxyl groups is 1. The fourth-order valence-corrected chi connectivity index (χ4v) is 5.75. The lowest BCUT2D eigenvalue weighted by atomic mass is 9.82. The van der Waals surface area contributed by atoms with Gasteiger partial charge in [-0.1, -0.05) is 29.8 Å². The van der Waals surface area contributed by atoms with Gasteiger partial charge in [-0.2, -0.15) is 0 Å². The van der Waals surface area contributed by atoms with Crippen LogP contribution in [0.2, 0.25) is 5.02 Å². The number of likely N-dealkylation sites (tertiary alicyclic amines) is 2. The third-order valence-corrected chi connectivity index (χ3v) is 7.40. The largest absolute Gasteiger partial charge is 0.396 e. The molecular formula is C21H27ClN4O2S. The molecule has 2 N–H and O–H groups in total. The third kappa shape index (κ3) is 4.48. The van der Waals surface area contributed by atoms with Crippen molar-refractivity contribution in [1.82, 2.24) is 19.8 Å². The number of rotatable bonds is 7. The summed E-state index contributed by atoms with van der Waals surface area (Å²) in [7, 11) is 0. The van der Waals surface area contributed by atoms with Crippen molar-refractivity contribution in [3.63, 3.8) is 0 Å². The number of imidazole rings is 1. The number of hydrogen-bond donors (Lipinski definition) is 2. The molecule has 4 rings (SSSR count). The zero-order chi connectivity index (χ0) is 20.4. The zero-order valence-corrected chi connectivity index (χ0v) is 18.2. The van der Waals surface area contributed by atoms with Gasteiger partial charge >= 0.3 is 0 Å². The Labute approximate surface area is 180 Å². The molecular weight excluding hydrogens is 408 g/mol. The number of nitrogens with zero attached hydrogens (tertiary/aromatic N) is 3. The Balaban J connectivity index is 1.30. The predicted molar refractivity (Wildman–Crippen MR) is 116 cm³/mol. The van der Waals surface area contributed by atoms with Crippen LogP contribution in [0.4, 0.5) is 0 Å². The van der Waals surface area contributed by atoms with E-state index in [1.165, 1.54) is 0 Å². The second-order valence-electron chi connectivity index (χ2n) is 8.26. The monoisotopic (exact) mass is 434 g/mol. The highest BCUT2D eigenvalue weighted by Gasteiger charge is 2.53. The second kappa shape index (κ2) is 8.68. The summed E-state index contributed by atoms with van der Waals surface area (Å²) in [6.45, 7) is 5.90. The number of halogens is 1. The van der Waals surface area contributed by atoms with Gasteiger partial charge in [0, 0.05) is 54.3 Å². The number of carbonyl (C=O) groups excluding carboxylic acids is 1. The van der Waals surface area contributed by atoms with Gasteiger partial charge in [0.05, 0.1) is 18.9 Å². The van der Waals surface area contributed by atoms with Crippen LogP contribution in [0.5, 0.6) is 0 Å². The fourth-order valence-electron chi connectivity index (χ4n) is 4.54. The van der Waals surface area contributed by atoms with Crippen molar-refractivity contribution in [3.05, 3.63) is 52.6 Å². The van der Waals surface area contributed by atoms with Gasteiger partial charge in [0.2, 0.25) is 5.91 Å². The average Bonchev–Trinajstić information content (AvgIpc) is 3.35. The van der Waals surface area contributed by atoms with Gasteiger partial charge < -0.3 is 15.0 Å². The van der Waals surface area contributed by atoms with E-state index in [4.69, 9.17) is 11.6 Å². The number of thioether (sulfide) groups is 1. The van der Waals surface area contributed by atoms with Crippen LogP contribution < -0.4 is 0 Å². The molecule has 0 spiro atoms. The maximum atomic E-state index is 12.7. The van der Waals surface area contributed by atoms with Crippen LogP contribution in [-0.2, 0) is 17.1 Å². The van der Waals surface area contributed by atoms with Gasteiger partial charge in [-0.15, -0.1) is 11.8 Å². The highest BCUT2D eigenvalue weighted by molar-refractivity contribution is 7.99. The summed E-state index contributed by atoms with van der Waals surface area (Å²) in [6.07, 6.45) is 1.84. The lowest BCUT2D eigenvalue weighted by Crippen LogP contribution is -2.39. The predicted octanol–water partition coefficient (Wildman–Crippen LogP) is 2.56. The standard InChI is InChI=1S/C21H27ClN4O2S/c1-15-6-23-19(24-15)9-25-7-17-8-26(13-21(17,12-25)14-27)20(28)11-29-10-16-4-2-3-5-18(16)22/h2-6,17,27H,7-14H2,1H3,(H,23,24). The van der Waals surface area contributed by atoms with Crippen LogP contribution in [0.15, 0.2) is 30.5 Å². The molecule has 2 unspecified atom stereocenters. The van der Waals surface area contributed by atoms with Crippen LogP contribution in [-0.4, -0.2) is 69.3 Å². The quantitative estimate of drug-likeness (QED) is 0.700. The number of H-pyrrole nitrogens is 1. The van der Waals surface area contributed by atoms with E-state index in [-0.39, 0.29) is 17.9 Å². The first-order valence-electron chi connectivity index (χ1n) is 9.92. The molecule has 2 fully saturated rings. The number of aryl methyl sites for hydroxylation is 1. The Kier molecular flexibility index (Phi) is 6.20. The first-order valence-corrected chi connectivity index (χ1v) is 11.4. The van der Waals surface area contributed by atoms with E-state index in [1.54, 1.807) is 11.8 Å². The first kappa shape index (κ1) is 20.7. The molecule has 1 amide bonds. The van der Waals surface area contributed by atoms with E-state index in [0.717, 1.165) is 54.0 Å². The number of aromatic nitrogens is 2. The van der Waals surface area contributed by atoms with Crippen LogP contribution in [0.3, 0.4) is 0 Å². The summed E-state index contributed by atoms with van der Waals surface area (Å²) in [4.78, 5) is 24.7. The van der Waals surface area contributed by atoms with E-state index >= 15 is 0 Å². The lowest BCUT2D eigenvalue weighted by Gasteiger charge is -2.27. The number of aromatic amines is 1. The molecule has 8 heteroatoms. The van der Waals surface area contributed by atoms with Crippen molar-refractivity contribution >= 4 is 29.3 Å². The maximum Gasteiger partial charge on any atom is 0.232 e. The highest BCUT2D eigenvalue weighted by Crippen LogP contribution is 2.42. The molecule has 1 aromatic heterocycles. The van der Waals surface area contributed by atoms with Crippen molar-refractivity contribution in [3.8, 4) is 0 Å². The molecule has 2 aliphatic heterocycles. The summed E-state index contributed by atoms with van der Waals surface area (Å²) in [6, 6.07) is 7.75. The zero-order valence-electron chi connectivity index (χ0n) is 16.6. The number of benzene rings is 1. The molecule has 0 aliphatic carbocycles. The summed E-state index contributed by atoms with van der Waals surface area (Å²) in [5.41, 5.74) is 1.90. The van der Waals surface area contributed by atoms with E-state index in [0.29, 0.717) is 18.2 Å². The van der Waals surface area contributed by atoms with E-state index in [2.05, 4.69) is 14.9 Å². The SMILES string of the molecule is Cc1cnc(CN2CC3CN(C(=O)CSCc4ccccc4Cl)CC3(CO)C2)[nH]1. The van der Waals surface area contributed by atoms with Crippen LogP contribution in [0, 0.1) is 18.3 Å². The van der Waals surface area contributed by atoms with Crippen molar-refractivity contribution in [1.29, 1.82) is 0 Å². The molecule has 0 radical (unpaired) electrons. The number of fused-ring (bicyclic) bond motifs is 1. The minimum absolute atomic E-state index is 0.113. The van der Waals surface area contributed by atoms with Crippen LogP contribution in [0.25, 0.3) is 0 Å². The number of aliphatic hydroxyl groups excluding tert-OH is 1. The summed E-state index contributed by atoms with van der Waals surface area (Å²) in [5, 5.41) is 10.9. The Hall–Kier alpha value is -1.54. The summed E-state index contributed by atoms with van der Waals surface area (Å²) in [5.74, 6) is 2.58. The summed E-state index contributed by atoms with van der Waals surface area (Å²) >= 11 is 7.79. The number of amides is 1. The van der Waals surface area contributed by atoms with Gasteiger partial charge in [0.25, 0.3) is 0 Å². The Bertz CT molecular complexity index is 876. The van der Waals surface area contributed by atoms with Crippen molar-refractivity contribution in [2.45, 2.75) is 19.2 Å². The van der Waals surface area contributed by atoms with Gasteiger partial charge in [-0.3, -0.25) is 9.69 Å². The van der Waals surface area contributed by atoms with Crippen molar-refractivity contribution in [2.75, 3.05) is 38.5 Å². The molecule has 156 valence electrons. The molecule has 3 heterocycles. The number of carbonyl (C=O) groups is 1. The van der Waals surface area contributed by atoms with Gasteiger partial charge in [-0.05, 0) is 24.5 Å². The summed E-state index contributed by atoms with van der Waals surface area (Å²) < 4.78 is 0. The van der Waals surface area contributed by atoms with Crippen LogP contribution in [0.1, 0.15) is 17.1 Å². The van der Waals surface area contributed by atoms with Gasteiger partial charge in [0.15, 0.2) is 0 Å². The normalized spacial score (nSPS) is 24.2. The Morgan fingerprint density at radius 2 is 2.21 bits per heavy atom. The topological polar surface area (TPSA) is 72.5 Å². The van der Waals surface area contributed by atoms with Gasteiger partial charge in [-0.25, -0.2) is 4.98 Å². The molecule has 2 atom stereocenters. The highest BCUT2D eigenvalue weighted by atomic mass is 35.5. The van der Waals surface area contributed by atoms with Crippen LogP contribution >= 0.6 is 23.4 Å². The fraction of sp³-hybridized carbons (Fsp3) is 0.524. The van der Waals surface area contributed by atoms with E-state index in [9.17, 15) is 9.90 Å². The van der Waals surface area contributed by atoms with E-state index < -0.39 is 0 Å². The molecule has 2 saturated heterocycles. The maximum absolute atomic E-state index is 12.7. The smallest absolute Gasteiger partial charge is 0.232 e. The molecule has 0 saturated carbocycles. The lowest BCUT2D eigenvalue weighted by molar-refractivity contribution is -0.128. The Morgan fingerprint density at radius 1 is 1.38 bits per heavy atom. The third-order valence-electron chi connectivity index (χ3n) is 6.07. The molecule has 1 aromatic carbocycles. The average molecular weight is 435 g/mol. The second-order valence-corrected chi connectivity index (χ2v) is 9.65. The molecule has 6 nitrogen and oxygen atoms in total. The van der Waals surface area contributed by atoms with Crippen molar-refractivity contribution in [2.24, 2.45) is 11.3 Å². The number of hydrogen-bond acceptors (Lipinski definition) is 5. The molecule has 0 bridgehead atoms. The molecule has 2 aromatic rings. The Morgan fingerprint density at radius 3 is 2.90 bits per heavy atom. The minimum atomic E-state index is -0.218. The van der Waals surface area contributed by atoms with Gasteiger partial charge in [0.1, 0.15) is 5.82 Å². The minimum Gasteiger partial charge on any atom is -0.396 e. The molecule has 2 aliphatic rings. The van der Waals surface area contributed by atoms with E-state index in [1.807, 2.05) is 42.3 Å². The van der Waals surface area contributed by atoms with Crippen molar-refractivity contribution < 1.29 is 9.90 Å². The number of nitrogens with one attached hydrogen (secondary N) is 1. The first-order chi connectivity index (χ1) is 14.0.